The lowest BCUT2D eigenvalue weighted by molar-refractivity contribution is 0.102. The number of hydrogen-bond acceptors (Lipinski definition) is 4. The molecule has 2 aromatic carbocycles. The average Bonchev–Trinajstić information content (AvgIpc) is 2.64. The lowest BCUT2D eigenvalue weighted by Gasteiger charge is -2.18. The number of nitrogens with one attached hydrogen (secondary N) is 2. The Morgan fingerprint density at radius 2 is 1.44 bits per heavy atom. The topological polar surface area (TPSA) is 78.5 Å². The van der Waals surface area contributed by atoms with Crippen LogP contribution in [0.4, 0.5) is 11.4 Å². The Labute approximate surface area is 161 Å². The minimum atomic E-state index is -3.52. The molecule has 0 radical (unpaired) electrons. The van der Waals surface area contributed by atoms with Crippen LogP contribution in [0.2, 0.25) is 0 Å². The van der Waals surface area contributed by atoms with E-state index in [9.17, 15) is 13.2 Å². The summed E-state index contributed by atoms with van der Waals surface area (Å²) in [5.74, 6) is -0.286. The molecule has 0 saturated carbocycles. The van der Waals surface area contributed by atoms with Crippen LogP contribution in [-0.4, -0.2) is 37.8 Å². The second-order valence-corrected chi connectivity index (χ2v) is 8.38. The van der Waals surface area contributed by atoms with Crippen molar-refractivity contribution >= 4 is 27.3 Å². The van der Waals surface area contributed by atoms with Gasteiger partial charge in [-0.2, -0.15) is 4.31 Å². The van der Waals surface area contributed by atoms with E-state index in [1.54, 1.807) is 13.8 Å². The molecule has 0 aromatic heterocycles. The third-order valence-corrected chi connectivity index (χ3v) is 6.12. The van der Waals surface area contributed by atoms with Crippen LogP contribution in [0, 0.1) is 0 Å². The van der Waals surface area contributed by atoms with E-state index >= 15 is 0 Å². The van der Waals surface area contributed by atoms with Gasteiger partial charge in [0.15, 0.2) is 0 Å². The Hall–Kier alpha value is -2.38. The minimum absolute atomic E-state index is 0.187. The highest BCUT2D eigenvalue weighted by Crippen LogP contribution is 2.18. The molecule has 0 saturated heterocycles. The summed E-state index contributed by atoms with van der Waals surface area (Å²) in [6.07, 6.45) is 0. The van der Waals surface area contributed by atoms with E-state index < -0.39 is 10.0 Å². The van der Waals surface area contributed by atoms with Crippen LogP contribution in [0.25, 0.3) is 0 Å². The van der Waals surface area contributed by atoms with Crippen molar-refractivity contribution in [1.29, 1.82) is 0 Å². The molecule has 0 heterocycles. The van der Waals surface area contributed by atoms with E-state index in [0.717, 1.165) is 5.69 Å². The first-order chi connectivity index (χ1) is 12.8. The second-order valence-electron chi connectivity index (χ2n) is 6.44. The molecule has 7 heteroatoms. The van der Waals surface area contributed by atoms with Gasteiger partial charge in [-0.3, -0.25) is 4.79 Å². The normalized spacial score (nSPS) is 11.6. The molecule has 0 unspecified atom stereocenters. The van der Waals surface area contributed by atoms with Crippen molar-refractivity contribution in [3.05, 3.63) is 54.1 Å². The van der Waals surface area contributed by atoms with Crippen LogP contribution < -0.4 is 10.6 Å². The fourth-order valence-corrected chi connectivity index (χ4v) is 4.14. The largest absolute Gasteiger partial charge is 0.383 e. The van der Waals surface area contributed by atoms with Crippen LogP contribution in [-0.2, 0) is 10.0 Å². The average molecular weight is 390 g/mol. The quantitative estimate of drug-likeness (QED) is 0.720. The van der Waals surface area contributed by atoms with Crippen molar-refractivity contribution in [2.24, 2.45) is 0 Å². The molecule has 0 bridgehead atoms. The molecule has 2 rings (SSSR count). The number of anilines is 2. The summed E-state index contributed by atoms with van der Waals surface area (Å²) in [6.45, 7) is 8.51. The molecule has 27 heavy (non-hydrogen) atoms. The monoisotopic (exact) mass is 389 g/mol. The van der Waals surface area contributed by atoms with Crippen molar-refractivity contribution < 1.29 is 13.2 Å². The van der Waals surface area contributed by atoms with E-state index in [0.29, 0.717) is 30.4 Å². The van der Waals surface area contributed by atoms with Crippen molar-refractivity contribution in [3.8, 4) is 0 Å². The van der Waals surface area contributed by atoms with Gasteiger partial charge in [-0.25, -0.2) is 8.42 Å². The molecular formula is C20H27N3O3S. The minimum Gasteiger partial charge on any atom is -0.383 e. The van der Waals surface area contributed by atoms with E-state index in [1.165, 1.54) is 28.6 Å². The maximum atomic E-state index is 12.5. The standard InChI is InChI=1S/C20H27N3O3S/c1-5-23(6-2)27(25,26)19-13-7-16(8-14-19)20(24)22-18-11-9-17(10-12-18)21-15(3)4/h7-15,21H,5-6H2,1-4H3,(H,22,24). The highest BCUT2D eigenvalue weighted by atomic mass is 32.2. The van der Waals surface area contributed by atoms with Gasteiger partial charge in [-0.15, -0.1) is 0 Å². The molecule has 146 valence electrons. The number of nitrogens with zero attached hydrogens (tertiary/aromatic N) is 1. The maximum absolute atomic E-state index is 12.5. The number of benzene rings is 2. The summed E-state index contributed by atoms with van der Waals surface area (Å²) in [4.78, 5) is 12.6. The van der Waals surface area contributed by atoms with Crippen LogP contribution in [0.3, 0.4) is 0 Å². The summed E-state index contributed by atoms with van der Waals surface area (Å²) in [7, 11) is -3.52. The fraction of sp³-hybridized carbons (Fsp3) is 0.350. The van der Waals surface area contributed by atoms with E-state index in [1.807, 2.05) is 24.3 Å². The first-order valence-electron chi connectivity index (χ1n) is 9.06. The summed E-state index contributed by atoms with van der Waals surface area (Å²) in [5, 5.41) is 6.10. The zero-order valence-electron chi connectivity index (χ0n) is 16.2. The Morgan fingerprint density at radius 3 is 1.93 bits per heavy atom. The van der Waals surface area contributed by atoms with Crippen LogP contribution >= 0.6 is 0 Å². The second kappa shape index (κ2) is 9.01. The molecule has 2 N–H and O–H groups in total. The Kier molecular flexibility index (Phi) is 6.98. The van der Waals surface area contributed by atoms with Gasteiger partial charge in [0, 0.05) is 36.1 Å². The van der Waals surface area contributed by atoms with Gasteiger partial charge < -0.3 is 10.6 Å². The van der Waals surface area contributed by atoms with E-state index in [2.05, 4.69) is 24.5 Å². The van der Waals surface area contributed by atoms with Gasteiger partial charge in [0.05, 0.1) is 4.90 Å². The molecule has 1 amide bonds. The molecule has 0 aliphatic carbocycles. The van der Waals surface area contributed by atoms with Crippen molar-refractivity contribution in [3.63, 3.8) is 0 Å². The van der Waals surface area contributed by atoms with Gasteiger partial charge in [0.1, 0.15) is 0 Å². The zero-order chi connectivity index (χ0) is 20.0. The van der Waals surface area contributed by atoms with Gasteiger partial charge in [0.25, 0.3) is 5.91 Å². The molecule has 0 spiro atoms. The van der Waals surface area contributed by atoms with Crippen molar-refractivity contribution in [1.82, 2.24) is 4.31 Å². The summed E-state index contributed by atoms with van der Waals surface area (Å²) in [5.41, 5.74) is 2.06. The van der Waals surface area contributed by atoms with Crippen LogP contribution in [0.1, 0.15) is 38.1 Å². The number of hydrogen-bond donors (Lipinski definition) is 2. The number of carbonyl (C=O) groups is 1. The molecular weight excluding hydrogens is 362 g/mol. The molecule has 0 aliphatic rings. The fourth-order valence-electron chi connectivity index (χ4n) is 2.68. The highest BCUT2D eigenvalue weighted by molar-refractivity contribution is 7.89. The van der Waals surface area contributed by atoms with Gasteiger partial charge in [0.2, 0.25) is 10.0 Å². The first-order valence-corrected chi connectivity index (χ1v) is 10.5. The molecule has 2 aromatic rings. The van der Waals surface area contributed by atoms with Crippen molar-refractivity contribution in [2.45, 2.75) is 38.6 Å². The third kappa shape index (κ3) is 5.30. The van der Waals surface area contributed by atoms with Gasteiger partial charge in [-0.1, -0.05) is 13.8 Å². The third-order valence-electron chi connectivity index (χ3n) is 4.06. The number of amides is 1. The van der Waals surface area contributed by atoms with E-state index in [-0.39, 0.29) is 10.8 Å². The Balaban J connectivity index is 2.09. The molecule has 0 aliphatic heterocycles. The van der Waals surface area contributed by atoms with Gasteiger partial charge >= 0.3 is 0 Å². The smallest absolute Gasteiger partial charge is 0.255 e. The van der Waals surface area contributed by atoms with Crippen LogP contribution in [0.5, 0.6) is 0 Å². The Bertz CT molecular complexity index is 856. The molecule has 6 nitrogen and oxygen atoms in total. The maximum Gasteiger partial charge on any atom is 0.255 e. The Morgan fingerprint density at radius 1 is 0.926 bits per heavy atom. The summed E-state index contributed by atoms with van der Waals surface area (Å²) in [6, 6.07) is 13.8. The summed E-state index contributed by atoms with van der Waals surface area (Å²) >= 11 is 0. The van der Waals surface area contributed by atoms with E-state index in [4.69, 9.17) is 0 Å². The first kappa shape index (κ1) is 20.9. The lowest BCUT2D eigenvalue weighted by atomic mass is 10.2. The SMILES string of the molecule is CCN(CC)S(=O)(=O)c1ccc(C(=O)Nc2ccc(NC(C)C)cc2)cc1. The molecule has 0 atom stereocenters. The van der Waals surface area contributed by atoms with Gasteiger partial charge in [-0.05, 0) is 62.4 Å². The lowest BCUT2D eigenvalue weighted by Crippen LogP contribution is -2.30. The van der Waals surface area contributed by atoms with Crippen molar-refractivity contribution in [2.75, 3.05) is 23.7 Å². The highest BCUT2D eigenvalue weighted by Gasteiger charge is 2.21. The molecule has 0 fully saturated rings. The zero-order valence-corrected chi connectivity index (χ0v) is 17.0. The predicted molar refractivity (Wildman–Crippen MR) is 110 cm³/mol. The number of sulfonamides is 1. The van der Waals surface area contributed by atoms with Crippen LogP contribution in [0.15, 0.2) is 53.4 Å². The summed E-state index contributed by atoms with van der Waals surface area (Å²) < 4.78 is 26.4. The predicted octanol–water partition coefficient (Wildman–Crippen LogP) is 3.79. The number of rotatable bonds is 8. The number of carbonyl (C=O) groups excluding carboxylic acids is 1.